The first-order valence-corrected chi connectivity index (χ1v) is 5.69. The van der Waals surface area contributed by atoms with Crippen molar-refractivity contribution in [2.75, 3.05) is 11.9 Å². The van der Waals surface area contributed by atoms with E-state index < -0.39 is 0 Å². The third-order valence-electron chi connectivity index (χ3n) is 2.29. The highest BCUT2D eigenvalue weighted by molar-refractivity contribution is 7.09. The Balaban J connectivity index is 1.90. The molecular weight excluding hydrogens is 206 g/mol. The van der Waals surface area contributed by atoms with Crippen molar-refractivity contribution in [3.8, 4) is 0 Å². The topological polar surface area (TPSA) is 37.8 Å². The van der Waals surface area contributed by atoms with E-state index in [9.17, 15) is 0 Å². The zero-order valence-electron chi connectivity index (χ0n) is 8.55. The fourth-order valence-electron chi connectivity index (χ4n) is 1.39. The van der Waals surface area contributed by atoms with Gasteiger partial charge in [-0.3, -0.25) is 0 Å². The second-order valence-electron chi connectivity index (χ2n) is 3.44. The number of nitrogens with one attached hydrogen (secondary N) is 1. The quantitative estimate of drug-likeness (QED) is 0.859. The maximum absolute atomic E-state index is 4.08. The Kier molecular flexibility index (Phi) is 3.29. The molecule has 1 heterocycles. The van der Waals surface area contributed by atoms with E-state index in [0.29, 0.717) is 5.92 Å². The predicted molar refractivity (Wildman–Crippen MR) is 63.3 cm³/mol. The summed E-state index contributed by atoms with van der Waals surface area (Å²) in [7, 11) is 0. The van der Waals surface area contributed by atoms with Gasteiger partial charge in [0.15, 0.2) is 0 Å². The van der Waals surface area contributed by atoms with E-state index >= 15 is 0 Å². The van der Waals surface area contributed by atoms with Crippen LogP contribution in [0.5, 0.6) is 0 Å². The minimum Gasteiger partial charge on any atom is -0.360 e. The molecule has 0 unspecified atom stereocenters. The summed E-state index contributed by atoms with van der Waals surface area (Å²) in [5.74, 6) is 0.482. The lowest BCUT2D eigenvalue weighted by Gasteiger charge is -2.11. The van der Waals surface area contributed by atoms with Gasteiger partial charge >= 0.3 is 0 Å². The summed E-state index contributed by atoms with van der Waals surface area (Å²) in [5, 5.41) is 4.15. The molecule has 0 saturated heterocycles. The average molecular weight is 219 g/mol. The molecule has 0 spiro atoms. The molecule has 2 rings (SSSR count). The minimum absolute atomic E-state index is 0.482. The highest BCUT2D eigenvalue weighted by Crippen LogP contribution is 2.16. The average Bonchev–Trinajstić information content (AvgIpc) is 2.80. The number of aromatic nitrogens is 2. The highest BCUT2D eigenvalue weighted by Gasteiger charge is 2.04. The molecule has 0 fully saturated rings. The maximum Gasteiger partial charge on any atom is 0.202 e. The van der Waals surface area contributed by atoms with Crippen molar-refractivity contribution in [3.05, 3.63) is 42.2 Å². The van der Waals surface area contributed by atoms with Gasteiger partial charge in [0, 0.05) is 18.1 Å². The number of hydrogen-bond donors (Lipinski definition) is 1. The van der Waals surface area contributed by atoms with Crippen LogP contribution in [-0.2, 0) is 0 Å². The summed E-state index contributed by atoms with van der Waals surface area (Å²) in [6.45, 7) is 3.09. The minimum atomic E-state index is 0.482. The molecule has 2 aromatic rings. The van der Waals surface area contributed by atoms with Gasteiger partial charge in [-0.2, -0.15) is 4.37 Å². The summed E-state index contributed by atoms with van der Waals surface area (Å²) in [4.78, 5) is 4.08. The van der Waals surface area contributed by atoms with Gasteiger partial charge in [0.1, 0.15) is 6.33 Å². The molecule has 0 radical (unpaired) electrons. The Bertz CT molecular complexity index is 385. The zero-order valence-corrected chi connectivity index (χ0v) is 9.37. The van der Waals surface area contributed by atoms with Crippen molar-refractivity contribution < 1.29 is 0 Å². The van der Waals surface area contributed by atoms with Crippen molar-refractivity contribution in [2.24, 2.45) is 0 Å². The molecule has 0 bridgehead atoms. The molecule has 78 valence electrons. The third-order valence-corrected chi connectivity index (χ3v) is 2.91. The number of benzene rings is 1. The first-order chi connectivity index (χ1) is 7.36. The molecule has 1 aromatic carbocycles. The molecule has 1 aromatic heterocycles. The van der Waals surface area contributed by atoms with Gasteiger partial charge in [-0.05, 0) is 11.5 Å². The zero-order chi connectivity index (χ0) is 10.5. The van der Waals surface area contributed by atoms with E-state index in [-0.39, 0.29) is 0 Å². The molecular formula is C11H13N3S. The second-order valence-corrected chi connectivity index (χ2v) is 4.22. The lowest BCUT2D eigenvalue weighted by Crippen LogP contribution is -2.09. The molecule has 15 heavy (non-hydrogen) atoms. The van der Waals surface area contributed by atoms with E-state index in [1.54, 1.807) is 6.33 Å². The van der Waals surface area contributed by atoms with Gasteiger partial charge in [-0.1, -0.05) is 37.3 Å². The first kappa shape index (κ1) is 10.1. The molecule has 1 N–H and O–H groups in total. The van der Waals surface area contributed by atoms with Crippen LogP contribution in [0.4, 0.5) is 5.13 Å². The number of nitrogens with zero attached hydrogens (tertiary/aromatic N) is 2. The Morgan fingerprint density at radius 1 is 1.33 bits per heavy atom. The Morgan fingerprint density at radius 2 is 2.13 bits per heavy atom. The van der Waals surface area contributed by atoms with Gasteiger partial charge < -0.3 is 5.32 Å². The summed E-state index contributed by atoms with van der Waals surface area (Å²) < 4.78 is 3.94. The van der Waals surface area contributed by atoms with Gasteiger partial charge in [-0.15, -0.1) is 0 Å². The van der Waals surface area contributed by atoms with Crippen LogP contribution in [0.15, 0.2) is 36.7 Å². The predicted octanol–water partition coefficient (Wildman–Crippen LogP) is 2.75. The lowest BCUT2D eigenvalue weighted by molar-refractivity contribution is 0.804. The van der Waals surface area contributed by atoms with Crippen LogP contribution < -0.4 is 5.32 Å². The number of rotatable bonds is 4. The molecule has 0 aliphatic rings. The van der Waals surface area contributed by atoms with Crippen molar-refractivity contribution >= 4 is 16.7 Å². The second kappa shape index (κ2) is 4.89. The normalized spacial score (nSPS) is 12.3. The number of anilines is 1. The smallest absolute Gasteiger partial charge is 0.202 e. The van der Waals surface area contributed by atoms with Gasteiger partial charge in [0.05, 0.1) is 0 Å². The number of hydrogen-bond acceptors (Lipinski definition) is 4. The highest BCUT2D eigenvalue weighted by atomic mass is 32.1. The van der Waals surface area contributed by atoms with Gasteiger partial charge in [0.2, 0.25) is 5.13 Å². The summed E-state index contributed by atoms with van der Waals surface area (Å²) in [5.41, 5.74) is 1.34. The first-order valence-electron chi connectivity index (χ1n) is 4.92. The van der Waals surface area contributed by atoms with E-state index in [1.165, 1.54) is 17.1 Å². The molecule has 3 nitrogen and oxygen atoms in total. The fraction of sp³-hybridized carbons (Fsp3) is 0.273. The van der Waals surface area contributed by atoms with Gasteiger partial charge in [-0.25, -0.2) is 4.98 Å². The van der Waals surface area contributed by atoms with Crippen LogP contribution in [-0.4, -0.2) is 15.9 Å². The van der Waals surface area contributed by atoms with Crippen LogP contribution in [0.2, 0.25) is 0 Å². The summed E-state index contributed by atoms with van der Waals surface area (Å²) in [6.07, 6.45) is 1.57. The molecule has 1 atom stereocenters. The molecule has 0 saturated carbocycles. The molecule has 0 aliphatic carbocycles. The van der Waals surface area contributed by atoms with Crippen LogP contribution in [0.25, 0.3) is 0 Å². The van der Waals surface area contributed by atoms with Crippen molar-refractivity contribution in [1.29, 1.82) is 0 Å². The summed E-state index contributed by atoms with van der Waals surface area (Å²) in [6, 6.07) is 10.5. The van der Waals surface area contributed by atoms with E-state index in [4.69, 9.17) is 0 Å². The van der Waals surface area contributed by atoms with Crippen LogP contribution >= 0.6 is 11.5 Å². The van der Waals surface area contributed by atoms with Crippen molar-refractivity contribution in [2.45, 2.75) is 12.8 Å². The van der Waals surface area contributed by atoms with E-state index in [2.05, 4.69) is 45.9 Å². The molecule has 0 aliphatic heterocycles. The fourth-order valence-corrected chi connectivity index (χ4v) is 1.83. The van der Waals surface area contributed by atoms with Crippen molar-refractivity contribution in [1.82, 2.24) is 9.36 Å². The standard InChI is InChI=1S/C11H13N3S/c1-9(10-5-3-2-4-6-10)7-12-11-13-8-14-15-11/h2-6,8-9H,7H2,1H3,(H,12,13,14)/t9-/m1/s1. The maximum atomic E-state index is 4.08. The largest absolute Gasteiger partial charge is 0.360 e. The SMILES string of the molecule is C[C@H](CNc1ncns1)c1ccccc1. The summed E-state index contributed by atoms with van der Waals surface area (Å²) >= 11 is 1.39. The molecule has 0 amide bonds. The van der Waals surface area contributed by atoms with Crippen molar-refractivity contribution in [3.63, 3.8) is 0 Å². The van der Waals surface area contributed by atoms with E-state index in [1.807, 2.05) is 6.07 Å². The van der Waals surface area contributed by atoms with Crippen LogP contribution in [0.3, 0.4) is 0 Å². The van der Waals surface area contributed by atoms with Crippen LogP contribution in [0, 0.1) is 0 Å². The van der Waals surface area contributed by atoms with Crippen LogP contribution in [0.1, 0.15) is 18.4 Å². The lowest BCUT2D eigenvalue weighted by atomic mass is 10.0. The third kappa shape index (κ3) is 2.76. The monoisotopic (exact) mass is 219 g/mol. The Hall–Kier alpha value is -1.42. The Labute approximate surface area is 93.4 Å². The van der Waals surface area contributed by atoms with E-state index in [0.717, 1.165) is 11.7 Å². The molecule has 4 heteroatoms. The van der Waals surface area contributed by atoms with Gasteiger partial charge in [0.25, 0.3) is 0 Å². The Morgan fingerprint density at radius 3 is 2.80 bits per heavy atom.